The molecule has 0 bridgehead atoms. The zero-order valence-electron chi connectivity index (χ0n) is 10.1. The summed E-state index contributed by atoms with van der Waals surface area (Å²) in [6.07, 6.45) is -2.73. The van der Waals surface area contributed by atoms with Crippen LogP contribution in [0.4, 0.5) is 8.78 Å². The molecule has 4 nitrogen and oxygen atoms in total. The molecule has 6 heteroatoms. The Morgan fingerprint density at radius 1 is 1.50 bits per heavy atom. The summed E-state index contributed by atoms with van der Waals surface area (Å²) in [7, 11) is 1.27. The van der Waals surface area contributed by atoms with Crippen molar-refractivity contribution < 1.29 is 23.4 Å². The Hall–Kier alpha value is -1.69. The van der Waals surface area contributed by atoms with Gasteiger partial charge in [-0.25, -0.2) is 8.78 Å². The minimum absolute atomic E-state index is 0.0155. The molecule has 0 aliphatic rings. The van der Waals surface area contributed by atoms with Crippen LogP contribution in [-0.4, -0.2) is 24.2 Å². The van der Waals surface area contributed by atoms with Crippen molar-refractivity contribution >= 4 is 5.97 Å². The number of carboxylic acid groups (broad SMARTS) is 1. The van der Waals surface area contributed by atoms with E-state index < -0.39 is 18.4 Å². The predicted octanol–water partition coefficient (Wildman–Crippen LogP) is 1.90. The Morgan fingerprint density at radius 3 is 2.56 bits per heavy atom. The number of hydrogen-bond donors (Lipinski definition) is 2. The maximum atomic E-state index is 12.8. The number of benzene rings is 1. The zero-order valence-corrected chi connectivity index (χ0v) is 10.1. The maximum absolute atomic E-state index is 12.8. The third-order valence-corrected chi connectivity index (χ3v) is 2.71. The highest BCUT2D eigenvalue weighted by Crippen LogP contribution is 2.34. The molecule has 1 unspecified atom stereocenters. The van der Waals surface area contributed by atoms with Gasteiger partial charge in [0.1, 0.15) is 11.8 Å². The summed E-state index contributed by atoms with van der Waals surface area (Å²) in [5.41, 5.74) is 6.25. The van der Waals surface area contributed by atoms with Gasteiger partial charge < -0.3 is 15.6 Å². The Bertz CT molecular complexity index is 449. The smallest absolute Gasteiger partial charge is 0.320 e. The van der Waals surface area contributed by atoms with E-state index in [1.165, 1.54) is 19.2 Å². The molecule has 0 fully saturated rings. The number of halogens is 2. The summed E-state index contributed by atoms with van der Waals surface area (Å²) in [4.78, 5) is 10.7. The minimum Gasteiger partial charge on any atom is -0.496 e. The highest BCUT2D eigenvalue weighted by atomic mass is 19.3. The van der Waals surface area contributed by atoms with Crippen molar-refractivity contribution in [2.75, 3.05) is 7.11 Å². The van der Waals surface area contributed by atoms with Crippen LogP contribution in [0.1, 0.15) is 23.1 Å². The van der Waals surface area contributed by atoms with Gasteiger partial charge in [0.05, 0.1) is 12.7 Å². The highest BCUT2D eigenvalue weighted by Gasteiger charge is 2.22. The van der Waals surface area contributed by atoms with E-state index in [0.717, 1.165) is 0 Å². The van der Waals surface area contributed by atoms with Gasteiger partial charge in [0, 0.05) is 6.42 Å². The lowest BCUT2D eigenvalue weighted by Crippen LogP contribution is -2.32. The Morgan fingerprint density at radius 2 is 2.11 bits per heavy atom. The Balaban J connectivity index is 3.23. The molecule has 0 aliphatic heterocycles. The monoisotopic (exact) mass is 259 g/mol. The second kappa shape index (κ2) is 5.77. The molecule has 0 radical (unpaired) electrons. The van der Waals surface area contributed by atoms with Crippen LogP contribution in [0.15, 0.2) is 12.1 Å². The highest BCUT2D eigenvalue weighted by molar-refractivity contribution is 5.74. The first-order valence-corrected chi connectivity index (χ1v) is 5.31. The summed E-state index contributed by atoms with van der Waals surface area (Å²) in [5.74, 6) is -1.17. The van der Waals surface area contributed by atoms with E-state index in [1.807, 2.05) is 0 Å². The molecule has 0 aliphatic carbocycles. The van der Waals surface area contributed by atoms with E-state index in [-0.39, 0.29) is 17.7 Å². The van der Waals surface area contributed by atoms with Crippen LogP contribution < -0.4 is 10.5 Å². The molecule has 0 aromatic heterocycles. The SMILES string of the molecule is COc1c(C(F)F)ccc(C)c1CC(N)C(=O)O. The molecule has 18 heavy (non-hydrogen) atoms. The number of nitrogens with two attached hydrogens (primary N) is 1. The van der Waals surface area contributed by atoms with Gasteiger partial charge in [0.2, 0.25) is 0 Å². The van der Waals surface area contributed by atoms with E-state index >= 15 is 0 Å². The number of aryl methyl sites for hydroxylation is 1. The van der Waals surface area contributed by atoms with Crippen molar-refractivity contribution in [1.82, 2.24) is 0 Å². The van der Waals surface area contributed by atoms with Gasteiger partial charge >= 0.3 is 5.97 Å². The number of rotatable bonds is 5. The average Bonchev–Trinajstić information content (AvgIpc) is 2.30. The molecule has 0 heterocycles. The number of carbonyl (C=O) groups is 1. The van der Waals surface area contributed by atoms with Crippen LogP contribution in [0, 0.1) is 6.92 Å². The van der Waals surface area contributed by atoms with Gasteiger partial charge in [-0.15, -0.1) is 0 Å². The van der Waals surface area contributed by atoms with Gasteiger partial charge in [-0.1, -0.05) is 6.07 Å². The third-order valence-electron chi connectivity index (χ3n) is 2.71. The molecule has 0 saturated carbocycles. The van der Waals surface area contributed by atoms with Crippen molar-refractivity contribution in [2.24, 2.45) is 5.73 Å². The second-order valence-electron chi connectivity index (χ2n) is 3.93. The number of alkyl halides is 2. The number of hydrogen-bond acceptors (Lipinski definition) is 3. The Kier molecular flexibility index (Phi) is 4.61. The summed E-state index contributed by atoms with van der Waals surface area (Å²) < 4.78 is 30.6. The fourth-order valence-corrected chi connectivity index (χ4v) is 1.72. The average molecular weight is 259 g/mol. The van der Waals surface area contributed by atoms with E-state index in [4.69, 9.17) is 15.6 Å². The standard InChI is InChI=1S/C12H15F2NO3/c1-6-3-4-7(11(13)14)10(18-2)8(6)5-9(15)12(16)17/h3-4,9,11H,5,15H2,1-2H3,(H,16,17). The van der Waals surface area contributed by atoms with Crippen LogP contribution in [0.5, 0.6) is 5.75 Å². The predicted molar refractivity (Wildman–Crippen MR) is 62.0 cm³/mol. The summed E-state index contributed by atoms with van der Waals surface area (Å²) in [5, 5.41) is 8.76. The molecular formula is C12H15F2NO3. The van der Waals surface area contributed by atoms with E-state index in [1.54, 1.807) is 6.92 Å². The molecule has 0 saturated heterocycles. The van der Waals surface area contributed by atoms with Crippen molar-refractivity contribution in [2.45, 2.75) is 25.8 Å². The van der Waals surface area contributed by atoms with Gasteiger partial charge in [0.25, 0.3) is 6.43 Å². The fraction of sp³-hybridized carbons (Fsp3) is 0.417. The van der Waals surface area contributed by atoms with E-state index in [2.05, 4.69) is 0 Å². The first kappa shape index (κ1) is 14.4. The molecule has 0 spiro atoms. The number of ether oxygens (including phenoxy) is 1. The normalized spacial score (nSPS) is 12.6. The lowest BCUT2D eigenvalue weighted by molar-refractivity contribution is -0.138. The summed E-state index contributed by atoms with van der Waals surface area (Å²) in [6.45, 7) is 1.70. The molecule has 1 aromatic rings. The lowest BCUT2D eigenvalue weighted by Gasteiger charge is -2.17. The van der Waals surface area contributed by atoms with Crippen molar-refractivity contribution in [3.8, 4) is 5.75 Å². The second-order valence-corrected chi connectivity index (χ2v) is 3.93. The molecule has 1 atom stereocenters. The first-order chi connectivity index (χ1) is 8.38. The number of methoxy groups -OCH3 is 1. The van der Waals surface area contributed by atoms with Crippen LogP contribution in [0.25, 0.3) is 0 Å². The molecule has 3 N–H and O–H groups in total. The van der Waals surface area contributed by atoms with Crippen molar-refractivity contribution in [1.29, 1.82) is 0 Å². The molecule has 1 rings (SSSR count). The van der Waals surface area contributed by atoms with Crippen LogP contribution in [-0.2, 0) is 11.2 Å². The number of carboxylic acids is 1. The van der Waals surface area contributed by atoms with Crippen LogP contribution in [0.3, 0.4) is 0 Å². The quantitative estimate of drug-likeness (QED) is 0.847. The topological polar surface area (TPSA) is 72.5 Å². The third kappa shape index (κ3) is 2.95. The van der Waals surface area contributed by atoms with Gasteiger partial charge in [-0.3, -0.25) is 4.79 Å². The zero-order chi connectivity index (χ0) is 13.9. The van der Waals surface area contributed by atoms with Crippen LogP contribution in [0.2, 0.25) is 0 Å². The molecule has 100 valence electrons. The summed E-state index contributed by atoms with van der Waals surface area (Å²) >= 11 is 0. The minimum atomic E-state index is -2.68. The van der Waals surface area contributed by atoms with E-state index in [9.17, 15) is 13.6 Å². The maximum Gasteiger partial charge on any atom is 0.320 e. The Labute approximate surface area is 103 Å². The van der Waals surface area contributed by atoms with Gasteiger partial charge in [-0.05, 0) is 24.1 Å². The molecular weight excluding hydrogens is 244 g/mol. The lowest BCUT2D eigenvalue weighted by atomic mass is 9.97. The van der Waals surface area contributed by atoms with Crippen molar-refractivity contribution in [3.05, 3.63) is 28.8 Å². The van der Waals surface area contributed by atoms with Gasteiger partial charge in [-0.2, -0.15) is 0 Å². The largest absolute Gasteiger partial charge is 0.496 e. The molecule has 1 aromatic carbocycles. The van der Waals surface area contributed by atoms with E-state index in [0.29, 0.717) is 11.1 Å². The van der Waals surface area contributed by atoms with Crippen molar-refractivity contribution in [3.63, 3.8) is 0 Å². The van der Waals surface area contributed by atoms with Crippen LogP contribution >= 0.6 is 0 Å². The van der Waals surface area contributed by atoms with Gasteiger partial charge in [0.15, 0.2) is 0 Å². The fourth-order valence-electron chi connectivity index (χ4n) is 1.72. The first-order valence-electron chi connectivity index (χ1n) is 5.31. The summed E-state index contributed by atoms with van der Waals surface area (Å²) in [6, 6.07) is 1.63. The number of aliphatic carboxylic acids is 1. The molecule has 0 amide bonds.